The number of aryl methyl sites for hydroxylation is 3. The lowest BCUT2D eigenvalue weighted by Crippen LogP contribution is -2.26. The van der Waals surface area contributed by atoms with Crippen molar-refractivity contribution >= 4 is 23.2 Å². The van der Waals surface area contributed by atoms with E-state index in [4.69, 9.17) is 23.2 Å². The molecule has 0 fully saturated rings. The molecule has 0 aliphatic heterocycles. The molecule has 0 amide bonds. The van der Waals surface area contributed by atoms with Gasteiger partial charge in [-0.05, 0) is 55.2 Å². The molecule has 26 heavy (non-hydrogen) atoms. The van der Waals surface area contributed by atoms with Crippen molar-refractivity contribution in [2.75, 3.05) is 0 Å². The Kier molecular flexibility index (Phi) is 5.97. The maximum absolute atomic E-state index is 6.46. The molecule has 0 bridgehead atoms. The Morgan fingerprint density at radius 3 is 2.42 bits per heavy atom. The fourth-order valence-electron chi connectivity index (χ4n) is 3.29. The SMILES string of the molecule is Cc1cc(C)c(CNC(Cn2cncn2)c2ccc(Cl)cc2Cl)c(C)c1. The van der Waals surface area contributed by atoms with Crippen LogP contribution in [0.1, 0.15) is 33.9 Å². The van der Waals surface area contributed by atoms with Crippen LogP contribution in [0, 0.1) is 20.8 Å². The average Bonchev–Trinajstić information content (AvgIpc) is 3.06. The molecule has 6 heteroatoms. The van der Waals surface area contributed by atoms with Gasteiger partial charge < -0.3 is 5.32 Å². The lowest BCUT2D eigenvalue weighted by Gasteiger charge is -2.22. The van der Waals surface area contributed by atoms with Crippen molar-refractivity contribution in [2.24, 2.45) is 0 Å². The summed E-state index contributed by atoms with van der Waals surface area (Å²) < 4.78 is 1.80. The van der Waals surface area contributed by atoms with E-state index in [9.17, 15) is 0 Å². The van der Waals surface area contributed by atoms with Crippen LogP contribution in [-0.4, -0.2) is 14.8 Å². The maximum Gasteiger partial charge on any atom is 0.137 e. The molecule has 2 aromatic carbocycles. The van der Waals surface area contributed by atoms with Gasteiger partial charge in [0.1, 0.15) is 12.7 Å². The van der Waals surface area contributed by atoms with Gasteiger partial charge in [0.25, 0.3) is 0 Å². The monoisotopic (exact) mass is 388 g/mol. The Balaban J connectivity index is 1.86. The minimum absolute atomic E-state index is 0.0124. The molecule has 1 N–H and O–H groups in total. The summed E-state index contributed by atoms with van der Waals surface area (Å²) in [6.07, 6.45) is 3.25. The van der Waals surface area contributed by atoms with Crippen molar-refractivity contribution in [1.82, 2.24) is 20.1 Å². The number of halogens is 2. The molecule has 0 aliphatic rings. The highest BCUT2D eigenvalue weighted by Crippen LogP contribution is 2.28. The lowest BCUT2D eigenvalue weighted by atomic mass is 9.99. The van der Waals surface area contributed by atoms with Crippen LogP contribution in [0.3, 0.4) is 0 Å². The Labute approximate surface area is 164 Å². The number of hydrogen-bond donors (Lipinski definition) is 1. The summed E-state index contributed by atoms with van der Waals surface area (Å²) in [7, 11) is 0. The Morgan fingerprint density at radius 1 is 1.08 bits per heavy atom. The first-order valence-electron chi connectivity index (χ1n) is 8.51. The minimum atomic E-state index is -0.0124. The fourth-order valence-corrected chi connectivity index (χ4v) is 3.83. The summed E-state index contributed by atoms with van der Waals surface area (Å²) in [6, 6.07) is 10.0. The van der Waals surface area contributed by atoms with E-state index >= 15 is 0 Å². The van der Waals surface area contributed by atoms with E-state index in [2.05, 4.69) is 48.3 Å². The first-order chi connectivity index (χ1) is 12.4. The van der Waals surface area contributed by atoms with Gasteiger partial charge in [-0.1, -0.05) is 47.0 Å². The molecule has 0 saturated heterocycles. The molecule has 136 valence electrons. The van der Waals surface area contributed by atoms with Gasteiger partial charge in [0.2, 0.25) is 0 Å². The molecule has 0 spiro atoms. The molecular weight excluding hydrogens is 367 g/mol. The lowest BCUT2D eigenvalue weighted by molar-refractivity contribution is 0.436. The van der Waals surface area contributed by atoms with Crippen LogP contribution in [0.4, 0.5) is 0 Å². The summed E-state index contributed by atoms with van der Waals surface area (Å²) in [6.45, 7) is 7.80. The van der Waals surface area contributed by atoms with Crippen LogP contribution >= 0.6 is 23.2 Å². The molecule has 1 aromatic heterocycles. The molecule has 3 aromatic rings. The Morgan fingerprint density at radius 2 is 1.81 bits per heavy atom. The number of benzene rings is 2. The van der Waals surface area contributed by atoms with Crippen molar-refractivity contribution in [3.8, 4) is 0 Å². The summed E-state index contributed by atoms with van der Waals surface area (Å²) in [5.74, 6) is 0. The van der Waals surface area contributed by atoms with Gasteiger partial charge in [0.15, 0.2) is 0 Å². The van der Waals surface area contributed by atoms with Crippen molar-refractivity contribution in [2.45, 2.75) is 39.9 Å². The van der Waals surface area contributed by atoms with Crippen LogP contribution in [0.25, 0.3) is 0 Å². The molecule has 1 heterocycles. The topological polar surface area (TPSA) is 42.7 Å². The summed E-state index contributed by atoms with van der Waals surface area (Å²) in [4.78, 5) is 4.03. The molecular formula is C20H22Cl2N4. The van der Waals surface area contributed by atoms with Gasteiger partial charge in [-0.25, -0.2) is 4.98 Å². The van der Waals surface area contributed by atoms with Crippen LogP contribution in [0.5, 0.6) is 0 Å². The number of aromatic nitrogens is 3. The molecule has 0 aliphatic carbocycles. The molecule has 0 radical (unpaired) electrons. The van der Waals surface area contributed by atoms with E-state index in [0.717, 1.165) is 12.1 Å². The third-order valence-corrected chi connectivity index (χ3v) is 5.10. The quantitative estimate of drug-likeness (QED) is 0.642. The maximum atomic E-state index is 6.46. The standard InChI is InChI=1S/C20H22Cl2N4/c1-13-6-14(2)18(15(3)7-13)9-24-20(10-26-12-23-11-25-26)17-5-4-16(21)8-19(17)22/h4-8,11-12,20,24H,9-10H2,1-3H3. The van der Waals surface area contributed by atoms with Crippen LogP contribution in [0.15, 0.2) is 43.0 Å². The van der Waals surface area contributed by atoms with Gasteiger partial charge in [0, 0.05) is 16.6 Å². The van der Waals surface area contributed by atoms with Crippen molar-refractivity contribution in [3.05, 3.63) is 80.8 Å². The predicted octanol–water partition coefficient (Wildman–Crippen LogP) is 5.04. The summed E-state index contributed by atoms with van der Waals surface area (Å²) in [5.41, 5.74) is 6.16. The van der Waals surface area contributed by atoms with E-state index in [1.54, 1.807) is 17.1 Å². The van der Waals surface area contributed by atoms with Gasteiger partial charge in [-0.3, -0.25) is 4.68 Å². The molecule has 0 saturated carbocycles. The van der Waals surface area contributed by atoms with Crippen molar-refractivity contribution in [1.29, 1.82) is 0 Å². The minimum Gasteiger partial charge on any atom is -0.304 e. The average molecular weight is 389 g/mol. The van der Waals surface area contributed by atoms with E-state index in [0.29, 0.717) is 16.6 Å². The van der Waals surface area contributed by atoms with E-state index < -0.39 is 0 Å². The Bertz CT molecular complexity index is 868. The van der Waals surface area contributed by atoms with Crippen LogP contribution in [0.2, 0.25) is 10.0 Å². The van der Waals surface area contributed by atoms with Crippen LogP contribution in [-0.2, 0) is 13.1 Å². The highest BCUT2D eigenvalue weighted by atomic mass is 35.5. The fraction of sp³-hybridized carbons (Fsp3) is 0.300. The van der Waals surface area contributed by atoms with Gasteiger partial charge in [0.05, 0.1) is 12.6 Å². The predicted molar refractivity (Wildman–Crippen MR) is 107 cm³/mol. The zero-order chi connectivity index (χ0) is 18.7. The normalized spacial score (nSPS) is 12.3. The van der Waals surface area contributed by atoms with Gasteiger partial charge >= 0.3 is 0 Å². The number of rotatable bonds is 6. The number of nitrogens with one attached hydrogen (secondary N) is 1. The summed E-state index contributed by atoms with van der Waals surface area (Å²) in [5, 5.41) is 9.14. The van der Waals surface area contributed by atoms with Gasteiger partial charge in [-0.2, -0.15) is 5.10 Å². The second-order valence-electron chi connectivity index (χ2n) is 6.59. The van der Waals surface area contributed by atoms with E-state index in [1.165, 1.54) is 28.6 Å². The first-order valence-corrected chi connectivity index (χ1v) is 9.27. The highest BCUT2D eigenvalue weighted by Gasteiger charge is 2.17. The molecule has 1 atom stereocenters. The first kappa shape index (κ1) is 18.9. The van der Waals surface area contributed by atoms with Crippen LogP contribution < -0.4 is 5.32 Å². The van der Waals surface area contributed by atoms with E-state index in [1.807, 2.05) is 12.1 Å². The molecule has 3 rings (SSSR count). The second kappa shape index (κ2) is 8.21. The summed E-state index contributed by atoms with van der Waals surface area (Å²) >= 11 is 12.5. The molecule has 1 unspecified atom stereocenters. The van der Waals surface area contributed by atoms with Gasteiger partial charge in [-0.15, -0.1) is 0 Å². The molecule has 4 nitrogen and oxygen atoms in total. The smallest absolute Gasteiger partial charge is 0.137 e. The van der Waals surface area contributed by atoms with Crippen molar-refractivity contribution < 1.29 is 0 Å². The van der Waals surface area contributed by atoms with E-state index in [-0.39, 0.29) is 6.04 Å². The zero-order valence-corrected chi connectivity index (χ0v) is 16.6. The Hall–Kier alpha value is -1.88. The second-order valence-corrected chi connectivity index (χ2v) is 7.44. The van der Waals surface area contributed by atoms with Crippen molar-refractivity contribution in [3.63, 3.8) is 0 Å². The number of hydrogen-bond acceptors (Lipinski definition) is 3. The largest absolute Gasteiger partial charge is 0.304 e. The zero-order valence-electron chi connectivity index (χ0n) is 15.1. The third-order valence-electron chi connectivity index (χ3n) is 4.54. The third kappa shape index (κ3) is 4.44. The number of nitrogens with zero attached hydrogens (tertiary/aromatic N) is 3. The highest BCUT2D eigenvalue weighted by molar-refractivity contribution is 6.35.